The van der Waals surface area contributed by atoms with Gasteiger partial charge in [0, 0.05) is 4.90 Å². The van der Waals surface area contributed by atoms with E-state index in [1.165, 1.54) is 4.90 Å². The number of carbonyl (C=O) groups excluding carboxylic acids is 3. The number of benzene rings is 2. The quantitative estimate of drug-likeness (QED) is 0.544. The van der Waals surface area contributed by atoms with Crippen molar-refractivity contribution in [1.82, 2.24) is 10.2 Å². The highest BCUT2D eigenvalue weighted by molar-refractivity contribution is 7.98. The van der Waals surface area contributed by atoms with Crippen LogP contribution >= 0.6 is 23.4 Å². The molecule has 154 valence electrons. The van der Waals surface area contributed by atoms with Gasteiger partial charge in [-0.2, -0.15) is 0 Å². The zero-order valence-corrected chi connectivity index (χ0v) is 17.5. The van der Waals surface area contributed by atoms with Crippen molar-refractivity contribution < 1.29 is 19.1 Å². The van der Waals surface area contributed by atoms with Gasteiger partial charge < -0.3 is 15.4 Å². The monoisotopic (exact) mass is 443 g/mol. The number of nitrogens with zero attached hydrogens (tertiary/aromatic N) is 1. The van der Waals surface area contributed by atoms with Crippen molar-refractivity contribution in [2.24, 2.45) is 0 Å². The van der Waals surface area contributed by atoms with Crippen LogP contribution in [0.15, 0.2) is 64.7 Å². The number of para-hydroxylation sites is 1. The maximum atomic E-state index is 12.8. The molecule has 0 aliphatic carbocycles. The third kappa shape index (κ3) is 3.88. The fourth-order valence-corrected chi connectivity index (χ4v) is 4.01. The summed E-state index contributed by atoms with van der Waals surface area (Å²) in [5.74, 6) is -0.937. The first kappa shape index (κ1) is 20.3. The highest BCUT2D eigenvalue weighted by atomic mass is 35.5. The SMILES string of the molecule is CSc1ccc([C@H]2NC(=O)N(CC(=O)Nc3ccccc3Cl)C3=C2C(=O)OC3)cc1. The van der Waals surface area contributed by atoms with Crippen LogP contribution in [0.4, 0.5) is 10.5 Å². The molecule has 0 bridgehead atoms. The highest BCUT2D eigenvalue weighted by Gasteiger charge is 2.42. The fourth-order valence-electron chi connectivity index (χ4n) is 3.42. The summed E-state index contributed by atoms with van der Waals surface area (Å²) in [6.45, 7) is -0.328. The molecule has 0 spiro atoms. The number of esters is 1. The molecule has 1 atom stereocenters. The molecular weight excluding hydrogens is 426 g/mol. The summed E-state index contributed by atoms with van der Waals surface area (Å²) in [6, 6.07) is 13.3. The molecule has 2 heterocycles. The molecule has 0 saturated heterocycles. The second-order valence-electron chi connectivity index (χ2n) is 6.71. The van der Waals surface area contributed by atoms with Crippen molar-refractivity contribution in [3.63, 3.8) is 0 Å². The first-order valence-corrected chi connectivity index (χ1v) is 10.7. The molecular formula is C21H18ClN3O4S. The van der Waals surface area contributed by atoms with E-state index in [1.54, 1.807) is 36.0 Å². The van der Waals surface area contributed by atoms with Gasteiger partial charge in [0.05, 0.1) is 28.0 Å². The number of rotatable bonds is 5. The van der Waals surface area contributed by atoms with E-state index in [4.69, 9.17) is 16.3 Å². The van der Waals surface area contributed by atoms with E-state index in [0.717, 1.165) is 10.5 Å². The minimum atomic E-state index is -0.624. The Kier molecular flexibility index (Phi) is 5.69. The number of carbonyl (C=O) groups is 3. The normalized spacial score (nSPS) is 18.1. The second kappa shape index (κ2) is 8.41. The number of hydrogen-bond acceptors (Lipinski definition) is 5. The summed E-state index contributed by atoms with van der Waals surface area (Å²) >= 11 is 7.67. The Balaban J connectivity index is 1.59. The molecule has 3 amide bonds. The van der Waals surface area contributed by atoms with E-state index in [2.05, 4.69) is 10.6 Å². The van der Waals surface area contributed by atoms with Gasteiger partial charge in [-0.15, -0.1) is 11.8 Å². The molecule has 2 aromatic carbocycles. The van der Waals surface area contributed by atoms with Crippen LogP contribution in [-0.2, 0) is 14.3 Å². The average molecular weight is 444 g/mol. The van der Waals surface area contributed by atoms with E-state index in [-0.39, 0.29) is 13.2 Å². The maximum absolute atomic E-state index is 12.8. The van der Waals surface area contributed by atoms with Crippen LogP contribution in [0.1, 0.15) is 11.6 Å². The van der Waals surface area contributed by atoms with E-state index < -0.39 is 23.9 Å². The number of halogens is 1. The van der Waals surface area contributed by atoms with E-state index in [1.807, 2.05) is 30.5 Å². The average Bonchev–Trinajstić information content (AvgIpc) is 3.13. The molecule has 0 fully saturated rings. The van der Waals surface area contributed by atoms with Crippen molar-refractivity contribution in [2.75, 3.05) is 24.7 Å². The zero-order chi connectivity index (χ0) is 21.3. The topological polar surface area (TPSA) is 87.7 Å². The van der Waals surface area contributed by atoms with E-state index in [9.17, 15) is 14.4 Å². The molecule has 4 rings (SSSR count). The first-order valence-electron chi connectivity index (χ1n) is 9.14. The van der Waals surface area contributed by atoms with Crippen molar-refractivity contribution >= 4 is 47.0 Å². The summed E-state index contributed by atoms with van der Waals surface area (Å²) in [6.07, 6.45) is 1.97. The van der Waals surface area contributed by atoms with Gasteiger partial charge in [0.1, 0.15) is 13.2 Å². The Morgan fingerprint density at radius 1 is 1.23 bits per heavy atom. The number of amides is 3. The van der Waals surface area contributed by atoms with Gasteiger partial charge in [-0.3, -0.25) is 9.69 Å². The van der Waals surface area contributed by atoms with E-state index in [0.29, 0.717) is 22.0 Å². The Bertz CT molecular complexity index is 1050. The van der Waals surface area contributed by atoms with Gasteiger partial charge in [-0.25, -0.2) is 9.59 Å². The third-order valence-electron chi connectivity index (χ3n) is 4.90. The van der Waals surface area contributed by atoms with Gasteiger partial charge in [0.15, 0.2) is 0 Å². The van der Waals surface area contributed by atoms with Gasteiger partial charge in [-0.1, -0.05) is 35.9 Å². The summed E-state index contributed by atoms with van der Waals surface area (Å²) in [5, 5.41) is 5.89. The predicted octanol–water partition coefficient (Wildman–Crippen LogP) is 3.58. The van der Waals surface area contributed by atoms with Crippen LogP contribution in [0, 0.1) is 0 Å². The number of thioether (sulfide) groups is 1. The molecule has 7 nitrogen and oxygen atoms in total. The Labute approximate surface area is 182 Å². The maximum Gasteiger partial charge on any atom is 0.338 e. The van der Waals surface area contributed by atoms with Gasteiger partial charge in [-0.05, 0) is 36.1 Å². The number of hydrogen-bond donors (Lipinski definition) is 2. The van der Waals surface area contributed by atoms with E-state index >= 15 is 0 Å². The number of urea groups is 1. The molecule has 30 heavy (non-hydrogen) atoms. The summed E-state index contributed by atoms with van der Waals surface area (Å²) < 4.78 is 5.19. The van der Waals surface area contributed by atoms with Crippen LogP contribution in [-0.4, -0.2) is 42.2 Å². The van der Waals surface area contributed by atoms with Crippen molar-refractivity contribution in [2.45, 2.75) is 10.9 Å². The lowest BCUT2D eigenvalue weighted by Gasteiger charge is -2.32. The molecule has 2 aliphatic heterocycles. The summed E-state index contributed by atoms with van der Waals surface area (Å²) in [5.41, 5.74) is 1.96. The van der Waals surface area contributed by atoms with Crippen LogP contribution in [0.5, 0.6) is 0 Å². The number of anilines is 1. The highest BCUT2D eigenvalue weighted by Crippen LogP contribution is 2.35. The predicted molar refractivity (Wildman–Crippen MR) is 114 cm³/mol. The Morgan fingerprint density at radius 3 is 2.67 bits per heavy atom. The van der Waals surface area contributed by atoms with Gasteiger partial charge >= 0.3 is 12.0 Å². The molecule has 0 unspecified atom stereocenters. The molecule has 0 saturated carbocycles. The van der Waals surface area contributed by atoms with Crippen molar-refractivity contribution in [1.29, 1.82) is 0 Å². The molecule has 2 N–H and O–H groups in total. The van der Waals surface area contributed by atoms with Crippen molar-refractivity contribution in [3.8, 4) is 0 Å². The molecule has 0 aromatic heterocycles. The third-order valence-corrected chi connectivity index (χ3v) is 5.97. The summed E-state index contributed by atoms with van der Waals surface area (Å²) in [4.78, 5) is 40.1. The standard InChI is InChI=1S/C21H18ClN3O4S/c1-30-13-8-6-12(7-9-13)19-18-16(11-29-20(18)27)25(21(28)24-19)10-17(26)23-15-5-3-2-4-14(15)22/h2-9,19H,10-11H2,1H3,(H,23,26)(H,24,28)/t19-/m1/s1. The lowest BCUT2D eigenvalue weighted by Crippen LogP contribution is -2.49. The smallest absolute Gasteiger partial charge is 0.338 e. The largest absolute Gasteiger partial charge is 0.456 e. The molecule has 0 radical (unpaired) electrons. The second-order valence-corrected chi connectivity index (χ2v) is 7.99. The van der Waals surface area contributed by atoms with Gasteiger partial charge in [0.2, 0.25) is 5.91 Å². The lowest BCUT2D eigenvalue weighted by atomic mass is 9.96. The lowest BCUT2D eigenvalue weighted by molar-refractivity contribution is -0.136. The zero-order valence-electron chi connectivity index (χ0n) is 16.0. The van der Waals surface area contributed by atoms with Crippen LogP contribution in [0.25, 0.3) is 0 Å². The Morgan fingerprint density at radius 2 is 1.97 bits per heavy atom. The van der Waals surface area contributed by atoms with Crippen LogP contribution in [0.2, 0.25) is 5.02 Å². The fraction of sp³-hybridized carbons (Fsp3) is 0.190. The Hall–Kier alpha value is -2.97. The molecule has 2 aromatic rings. The number of nitrogens with one attached hydrogen (secondary N) is 2. The van der Waals surface area contributed by atoms with Crippen LogP contribution in [0.3, 0.4) is 0 Å². The molecule has 9 heteroatoms. The minimum Gasteiger partial charge on any atom is -0.456 e. The number of ether oxygens (including phenoxy) is 1. The first-order chi connectivity index (χ1) is 14.5. The molecule has 2 aliphatic rings. The minimum absolute atomic E-state index is 0.0552. The van der Waals surface area contributed by atoms with Gasteiger partial charge in [0.25, 0.3) is 0 Å². The summed E-state index contributed by atoms with van der Waals surface area (Å²) in [7, 11) is 0. The van der Waals surface area contributed by atoms with Crippen LogP contribution < -0.4 is 10.6 Å². The number of cyclic esters (lactones) is 1. The van der Waals surface area contributed by atoms with Crippen molar-refractivity contribution in [3.05, 3.63) is 70.4 Å².